The average Bonchev–Trinajstić information content (AvgIpc) is 2.91. The molecule has 1 atom stereocenters. The Bertz CT molecular complexity index is 956. The lowest BCUT2D eigenvalue weighted by Crippen LogP contribution is -2.28. The van der Waals surface area contributed by atoms with Crippen molar-refractivity contribution in [3.63, 3.8) is 0 Å². The molecule has 26 heavy (non-hydrogen) atoms. The van der Waals surface area contributed by atoms with Crippen molar-refractivity contribution in [3.05, 3.63) is 64.6 Å². The fourth-order valence-corrected chi connectivity index (χ4v) is 3.06. The number of rotatable bonds is 4. The molecule has 0 spiro atoms. The van der Waals surface area contributed by atoms with Crippen molar-refractivity contribution in [2.24, 2.45) is 7.05 Å². The minimum Gasteiger partial charge on any atom is -0.384 e. The van der Waals surface area contributed by atoms with E-state index in [1.807, 2.05) is 48.9 Å². The Kier molecular flexibility index (Phi) is 4.78. The second-order valence-corrected chi connectivity index (χ2v) is 7.46. The first kappa shape index (κ1) is 18.4. The Morgan fingerprint density at radius 1 is 1.27 bits per heavy atom. The molecule has 0 unspecified atom stereocenters. The van der Waals surface area contributed by atoms with Crippen molar-refractivity contribution in [1.82, 2.24) is 14.9 Å². The SMILES string of the molecule is C[C@@H](NC(=O)c1cc2ccc(Cl)cc2n1C)c1ccc(C(C)(C)O)nc1. The van der Waals surface area contributed by atoms with Gasteiger partial charge in [0.25, 0.3) is 5.91 Å². The van der Waals surface area contributed by atoms with Crippen molar-refractivity contribution >= 4 is 28.4 Å². The molecule has 0 radical (unpaired) electrons. The summed E-state index contributed by atoms with van der Waals surface area (Å²) in [7, 11) is 1.85. The molecular weight excluding hydrogens is 350 g/mol. The molecule has 2 N–H and O–H groups in total. The van der Waals surface area contributed by atoms with Gasteiger partial charge in [0.05, 0.1) is 11.7 Å². The van der Waals surface area contributed by atoms with Gasteiger partial charge in [-0.15, -0.1) is 0 Å². The summed E-state index contributed by atoms with van der Waals surface area (Å²) in [6.07, 6.45) is 1.68. The largest absolute Gasteiger partial charge is 0.384 e. The molecule has 2 heterocycles. The molecule has 0 aliphatic heterocycles. The number of halogens is 1. The standard InChI is InChI=1S/C20H22ClN3O2/c1-12(14-6-8-18(22-11-14)20(2,3)26)23-19(25)17-9-13-5-7-15(21)10-16(13)24(17)4/h5-12,26H,1-4H3,(H,23,25)/t12-/m1/s1. The maximum absolute atomic E-state index is 12.7. The van der Waals surface area contributed by atoms with Crippen LogP contribution in [0.15, 0.2) is 42.6 Å². The maximum Gasteiger partial charge on any atom is 0.268 e. The first-order valence-corrected chi connectivity index (χ1v) is 8.79. The number of aromatic nitrogens is 2. The lowest BCUT2D eigenvalue weighted by Gasteiger charge is -2.18. The Morgan fingerprint density at radius 3 is 2.62 bits per heavy atom. The van der Waals surface area contributed by atoms with E-state index in [4.69, 9.17) is 11.6 Å². The minimum atomic E-state index is -0.991. The summed E-state index contributed by atoms with van der Waals surface area (Å²) in [5, 5.41) is 14.6. The van der Waals surface area contributed by atoms with E-state index in [-0.39, 0.29) is 11.9 Å². The molecule has 2 aromatic heterocycles. The lowest BCUT2D eigenvalue weighted by molar-refractivity contribution is 0.0737. The predicted octanol–water partition coefficient (Wildman–Crippen LogP) is 3.95. The molecule has 5 nitrogen and oxygen atoms in total. The Balaban J connectivity index is 1.80. The third-order valence-electron chi connectivity index (χ3n) is 4.50. The van der Waals surface area contributed by atoms with Crippen molar-refractivity contribution in [2.45, 2.75) is 32.4 Å². The molecule has 3 aromatic rings. The number of carbonyl (C=O) groups excluding carboxylic acids is 1. The number of hydrogen-bond acceptors (Lipinski definition) is 3. The zero-order valence-electron chi connectivity index (χ0n) is 15.2. The van der Waals surface area contributed by atoms with Gasteiger partial charge >= 0.3 is 0 Å². The van der Waals surface area contributed by atoms with Crippen LogP contribution >= 0.6 is 11.6 Å². The highest BCUT2D eigenvalue weighted by molar-refractivity contribution is 6.31. The normalized spacial score (nSPS) is 13.0. The van der Waals surface area contributed by atoms with E-state index in [9.17, 15) is 9.90 Å². The molecule has 0 aliphatic rings. The smallest absolute Gasteiger partial charge is 0.268 e. The first-order valence-electron chi connectivity index (χ1n) is 8.41. The molecule has 136 valence electrons. The van der Waals surface area contributed by atoms with Crippen LogP contribution in [0, 0.1) is 0 Å². The van der Waals surface area contributed by atoms with Crippen molar-refractivity contribution < 1.29 is 9.90 Å². The van der Waals surface area contributed by atoms with E-state index < -0.39 is 5.60 Å². The first-order chi connectivity index (χ1) is 12.2. The van der Waals surface area contributed by atoms with Gasteiger partial charge in [-0.2, -0.15) is 0 Å². The highest BCUT2D eigenvalue weighted by Gasteiger charge is 2.19. The average molecular weight is 372 g/mol. The topological polar surface area (TPSA) is 67.2 Å². The van der Waals surface area contributed by atoms with Gasteiger partial charge in [-0.25, -0.2) is 0 Å². The van der Waals surface area contributed by atoms with Crippen LogP contribution in [0.3, 0.4) is 0 Å². The number of fused-ring (bicyclic) bond motifs is 1. The summed E-state index contributed by atoms with van der Waals surface area (Å²) in [5.41, 5.74) is 1.94. The Hall–Kier alpha value is -2.37. The highest BCUT2D eigenvalue weighted by atomic mass is 35.5. The van der Waals surface area contributed by atoms with Crippen LogP contribution < -0.4 is 5.32 Å². The van der Waals surface area contributed by atoms with Gasteiger partial charge in [0, 0.05) is 29.2 Å². The number of aliphatic hydroxyl groups is 1. The zero-order chi connectivity index (χ0) is 19.1. The number of aryl methyl sites for hydroxylation is 1. The quantitative estimate of drug-likeness (QED) is 0.729. The van der Waals surface area contributed by atoms with E-state index in [1.165, 1.54) is 0 Å². The number of amides is 1. The van der Waals surface area contributed by atoms with Crippen molar-refractivity contribution in [3.8, 4) is 0 Å². The lowest BCUT2D eigenvalue weighted by atomic mass is 10.0. The number of nitrogens with one attached hydrogen (secondary N) is 1. The van der Waals surface area contributed by atoms with Crippen LogP contribution in [0.25, 0.3) is 10.9 Å². The molecule has 3 rings (SSSR count). The van der Waals surface area contributed by atoms with Crippen molar-refractivity contribution in [2.75, 3.05) is 0 Å². The van der Waals surface area contributed by atoms with Crippen LogP contribution in [-0.4, -0.2) is 20.6 Å². The summed E-state index contributed by atoms with van der Waals surface area (Å²) < 4.78 is 1.83. The van der Waals surface area contributed by atoms with Crippen LogP contribution in [-0.2, 0) is 12.6 Å². The van der Waals surface area contributed by atoms with Gasteiger partial charge in [-0.3, -0.25) is 9.78 Å². The molecule has 0 aliphatic carbocycles. The number of carbonyl (C=O) groups is 1. The number of pyridine rings is 1. The Labute approximate surface area is 157 Å². The second-order valence-electron chi connectivity index (χ2n) is 7.02. The van der Waals surface area contributed by atoms with Gasteiger partial charge in [-0.1, -0.05) is 23.7 Å². The zero-order valence-corrected chi connectivity index (χ0v) is 16.0. The molecule has 0 saturated heterocycles. The second kappa shape index (κ2) is 6.74. The summed E-state index contributed by atoms with van der Waals surface area (Å²) in [6.45, 7) is 5.28. The molecule has 1 aromatic carbocycles. The monoisotopic (exact) mass is 371 g/mol. The third kappa shape index (κ3) is 3.59. The predicted molar refractivity (Wildman–Crippen MR) is 103 cm³/mol. The summed E-state index contributed by atoms with van der Waals surface area (Å²) in [5.74, 6) is -0.168. The number of nitrogens with zero attached hydrogens (tertiary/aromatic N) is 2. The fraction of sp³-hybridized carbons (Fsp3) is 0.300. The molecule has 0 saturated carbocycles. The van der Waals surface area contributed by atoms with E-state index in [1.54, 1.807) is 26.1 Å². The van der Waals surface area contributed by atoms with Gasteiger partial charge in [0.1, 0.15) is 11.3 Å². The fourth-order valence-electron chi connectivity index (χ4n) is 2.90. The van der Waals surface area contributed by atoms with Crippen LogP contribution in [0.4, 0.5) is 0 Å². The number of benzene rings is 1. The molecule has 0 fully saturated rings. The molecule has 0 bridgehead atoms. The maximum atomic E-state index is 12.7. The van der Waals surface area contributed by atoms with E-state index in [0.717, 1.165) is 16.5 Å². The summed E-state index contributed by atoms with van der Waals surface area (Å²) in [6, 6.07) is 10.8. The van der Waals surface area contributed by atoms with E-state index in [2.05, 4.69) is 10.3 Å². The van der Waals surface area contributed by atoms with Gasteiger partial charge in [0.15, 0.2) is 0 Å². The van der Waals surface area contributed by atoms with Crippen LogP contribution in [0.1, 0.15) is 48.6 Å². The van der Waals surface area contributed by atoms with Crippen molar-refractivity contribution in [1.29, 1.82) is 0 Å². The Morgan fingerprint density at radius 2 is 2.00 bits per heavy atom. The summed E-state index contributed by atoms with van der Waals surface area (Å²) in [4.78, 5) is 17.0. The van der Waals surface area contributed by atoms with Gasteiger partial charge in [-0.05, 0) is 50.6 Å². The van der Waals surface area contributed by atoms with Gasteiger partial charge in [0.2, 0.25) is 0 Å². The van der Waals surface area contributed by atoms with E-state index in [0.29, 0.717) is 16.4 Å². The van der Waals surface area contributed by atoms with E-state index >= 15 is 0 Å². The summed E-state index contributed by atoms with van der Waals surface area (Å²) >= 11 is 6.05. The molecular formula is C20H22ClN3O2. The molecule has 1 amide bonds. The molecule has 6 heteroatoms. The third-order valence-corrected chi connectivity index (χ3v) is 4.74. The minimum absolute atomic E-state index is 0.168. The van der Waals surface area contributed by atoms with Gasteiger partial charge < -0.3 is 15.0 Å². The van der Waals surface area contributed by atoms with Crippen LogP contribution in [0.2, 0.25) is 5.02 Å². The van der Waals surface area contributed by atoms with Crippen LogP contribution in [0.5, 0.6) is 0 Å². The highest BCUT2D eigenvalue weighted by Crippen LogP contribution is 2.24. The number of hydrogen-bond donors (Lipinski definition) is 2.